The van der Waals surface area contributed by atoms with Gasteiger partial charge in [-0.05, 0) is 88.7 Å². The molecule has 0 radical (unpaired) electrons. The lowest BCUT2D eigenvalue weighted by molar-refractivity contribution is -0.170. The molecule has 0 saturated carbocycles. The number of halogens is 5. The minimum atomic E-state index is -5.17. The number of carbonyl (C=O) groups excluding carboxylic acids is 2. The third-order valence-corrected chi connectivity index (χ3v) is 8.88. The molecule has 0 aromatic heterocycles. The largest absolute Gasteiger partial charge is 0.471 e. The van der Waals surface area contributed by atoms with Gasteiger partial charge in [0.2, 0.25) is 10.0 Å². The monoisotopic (exact) mass is 737 g/mol. The van der Waals surface area contributed by atoms with Gasteiger partial charge in [0.05, 0.1) is 17.5 Å². The van der Waals surface area contributed by atoms with Gasteiger partial charge in [-0.3, -0.25) is 9.69 Å². The van der Waals surface area contributed by atoms with Crippen LogP contribution in [0.15, 0.2) is 63.6 Å². The first-order valence-electron chi connectivity index (χ1n) is 13.0. The van der Waals surface area contributed by atoms with Gasteiger partial charge < -0.3 is 9.64 Å². The van der Waals surface area contributed by atoms with Crippen molar-refractivity contribution in [1.29, 1.82) is 0 Å². The van der Waals surface area contributed by atoms with Crippen molar-refractivity contribution in [3.8, 4) is 0 Å². The molecule has 0 aliphatic carbocycles. The van der Waals surface area contributed by atoms with Crippen molar-refractivity contribution in [3.63, 3.8) is 0 Å². The van der Waals surface area contributed by atoms with Crippen LogP contribution < -0.4 is 9.62 Å². The number of amides is 2. The van der Waals surface area contributed by atoms with Crippen molar-refractivity contribution < 1.29 is 35.9 Å². The molecule has 14 heteroatoms. The molecular weight excluding hydrogens is 707 g/mol. The van der Waals surface area contributed by atoms with Crippen LogP contribution in [0.4, 0.5) is 23.7 Å². The van der Waals surface area contributed by atoms with Gasteiger partial charge in [0.25, 0.3) is 0 Å². The predicted molar refractivity (Wildman–Crippen MR) is 161 cm³/mol. The molecular formula is C28H32Br2F3N3O5S. The highest BCUT2D eigenvalue weighted by Gasteiger charge is 2.44. The number of rotatable bonds is 9. The lowest BCUT2D eigenvalue weighted by Crippen LogP contribution is -2.42. The summed E-state index contributed by atoms with van der Waals surface area (Å²) < 4.78 is 74.1. The minimum absolute atomic E-state index is 0.0894. The number of hydrogen-bond acceptors (Lipinski definition) is 5. The average molecular weight is 739 g/mol. The summed E-state index contributed by atoms with van der Waals surface area (Å²) >= 11 is 6.45. The molecule has 2 aromatic rings. The number of ether oxygens (including phenoxy) is 1. The predicted octanol–water partition coefficient (Wildman–Crippen LogP) is 6.68. The summed E-state index contributed by atoms with van der Waals surface area (Å²) in [6.45, 7) is 5.12. The Bertz CT molecular complexity index is 1390. The molecule has 0 bridgehead atoms. The van der Waals surface area contributed by atoms with Crippen LogP contribution in [0.25, 0.3) is 0 Å². The van der Waals surface area contributed by atoms with E-state index in [0.717, 1.165) is 5.56 Å². The zero-order valence-electron chi connectivity index (χ0n) is 23.2. The molecule has 42 heavy (non-hydrogen) atoms. The molecule has 0 spiro atoms. The molecule has 2 amide bonds. The quantitative estimate of drug-likeness (QED) is 0.290. The zero-order valence-corrected chi connectivity index (χ0v) is 27.2. The van der Waals surface area contributed by atoms with E-state index < -0.39 is 52.1 Å². The zero-order chi connectivity index (χ0) is 31.3. The SMILES string of the molecule is CC(C)(C)NS(=O)(=O)Cc1cc(Br)c(N(C/C=C\[C@H]2CCCN2C(=O)OCc2ccccc2)C(=O)C(F)(F)F)c(Br)c1. The van der Waals surface area contributed by atoms with Crippen molar-refractivity contribution in [3.05, 3.63) is 74.7 Å². The average Bonchev–Trinajstić information content (AvgIpc) is 3.32. The number of benzene rings is 2. The van der Waals surface area contributed by atoms with Gasteiger partial charge in [-0.2, -0.15) is 13.2 Å². The molecule has 8 nitrogen and oxygen atoms in total. The fraction of sp³-hybridized carbons (Fsp3) is 0.429. The van der Waals surface area contributed by atoms with E-state index in [1.807, 2.05) is 30.3 Å². The number of alkyl halides is 3. The highest BCUT2D eigenvalue weighted by Crippen LogP contribution is 2.38. The van der Waals surface area contributed by atoms with Crippen molar-refractivity contribution in [2.75, 3.05) is 18.0 Å². The molecule has 1 heterocycles. The number of likely N-dealkylation sites (tertiary alicyclic amines) is 1. The number of anilines is 1. The Labute approximate surface area is 260 Å². The second-order valence-electron chi connectivity index (χ2n) is 10.8. The first-order valence-corrected chi connectivity index (χ1v) is 16.2. The van der Waals surface area contributed by atoms with Gasteiger partial charge in [-0.1, -0.05) is 42.5 Å². The first kappa shape index (κ1) is 34.1. The molecule has 1 fully saturated rings. The van der Waals surface area contributed by atoms with E-state index in [2.05, 4.69) is 36.6 Å². The summed E-state index contributed by atoms with van der Waals surface area (Å²) in [6, 6.07) is 11.5. The maximum absolute atomic E-state index is 13.6. The van der Waals surface area contributed by atoms with Crippen LogP contribution in [0.3, 0.4) is 0 Å². The number of sulfonamides is 1. The summed E-state index contributed by atoms with van der Waals surface area (Å²) in [5.41, 5.74) is 0.282. The van der Waals surface area contributed by atoms with E-state index in [0.29, 0.717) is 29.8 Å². The number of hydrogen-bond donors (Lipinski definition) is 1. The Hall–Kier alpha value is -2.42. The first-order chi connectivity index (χ1) is 19.5. The minimum Gasteiger partial charge on any atom is -0.445 e. The molecule has 1 saturated heterocycles. The van der Waals surface area contributed by atoms with Crippen LogP contribution in [-0.2, 0) is 31.9 Å². The van der Waals surface area contributed by atoms with E-state index in [1.165, 1.54) is 23.1 Å². The van der Waals surface area contributed by atoms with Gasteiger partial charge >= 0.3 is 18.2 Å². The van der Waals surface area contributed by atoms with Gasteiger partial charge in [0.1, 0.15) is 6.61 Å². The topological polar surface area (TPSA) is 96.0 Å². The summed E-state index contributed by atoms with van der Waals surface area (Å²) in [6.07, 6.45) is -1.44. The third-order valence-electron chi connectivity index (χ3n) is 6.04. The normalized spacial score (nSPS) is 16.2. The molecule has 3 rings (SSSR count). The third kappa shape index (κ3) is 9.81. The molecule has 1 aliphatic rings. The number of nitrogens with zero attached hydrogens (tertiary/aromatic N) is 2. The molecule has 1 aliphatic heterocycles. The summed E-state index contributed by atoms with van der Waals surface area (Å²) in [5.74, 6) is -2.53. The molecule has 1 atom stereocenters. The lowest BCUT2D eigenvalue weighted by atomic mass is 10.1. The number of nitrogens with one attached hydrogen (secondary N) is 1. The summed E-state index contributed by atoms with van der Waals surface area (Å²) in [7, 11) is -3.76. The highest BCUT2D eigenvalue weighted by atomic mass is 79.9. The summed E-state index contributed by atoms with van der Waals surface area (Å²) in [4.78, 5) is 27.2. The Morgan fingerprint density at radius 3 is 2.29 bits per heavy atom. The van der Waals surface area contributed by atoms with Crippen molar-refractivity contribution in [2.24, 2.45) is 0 Å². The molecule has 0 unspecified atom stereocenters. The van der Waals surface area contributed by atoms with Gasteiger partial charge in [-0.15, -0.1) is 0 Å². The smallest absolute Gasteiger partial charge is 0.445 e. The Balaban J connectivity index is 1.79. The highest BCUT2D eigenvalue weighted by molar-refractivity contribution is 9.11. The van der Waals surface area contributed by atoms with E-state index in [1.54, 1.807) is 26.8 Å². The lowest BCUT2D eigenvalue weighted by Gasteiger charge is -2.26. The maximum atomic E-state index is 13.6. The van der Waals surface area contributed by atoms with E-state index in [4.69, 9.17) is 4.74 Å². The Morgan fingerprint density at radius 1 is 1.10 bits per heavy atom. The Morgan fingerprint density at radius 2 is 1.71 bits per heavy atom. The molecule has 1 N–H and O–H groups in total. The fourth-order valence-corrected chi connectivity index (χ4v) is 7.77. The van der Waals surface area contributed by atoms with Crippen LogP contribution in [0.1, 0.15) is 44.7 Å². The number of carbonyl (C=O) groups is 2. The van der Waals surface area contributed by atoms with Crippen molar-refractivity contribution in [2.45, 2.75) is 63.7 Å². The van der Waals surface area contributed by atoms with Crippen LogP contribution in [-0.4, -0.2) is 56.2 Å². The van der Waals surface area contributed by atoms with E-state index in [-0.39, 0.29) is 21.2 Å². The van der Waals surface area contributed by atoms with Crippen LogP contribution in [0.2, 0.25) is 0 Å². The molecule has 2 aromatic carbocycles. The van der Waals surface area contributed by atoms with E-state index in [9.17, 15) is 31.2 Å². The van der Waals surface area contributed by atoms with Crippen LogP contribution in [0.5, 0.6) is 0 Å². The van der Waals surface area contributed by atoms with E-state index >= 15 is 0 Å². The van der Waals surface area contributed by atoms with Crippen molar-refractivity contribution in [1.82, 2.24) is 9.62 Å². The van der Waals surface area contributed by atoms with Gasteiger partial charge in [-0.25, -0.2) is 17.9 Å². The second-order valence-corrected chi connectivity index (χ2v) is 14.2. The summed E-state index contributed by atoms with van der Waals surface area (Å²) in [5, 5.41) is 0. The molecule has 230 valence electrons. The standard InChI is InChI=1S/C28H32Br2F3N3O5S/c1-27(2,3)34-42(39,40)18-20-15-22(29)24(23(30)16-20)36(25(37)28(31,32)33)14-8-12-21-11-7-13-35(21)26(38)41-17-19-9-5-4-6-10-19/h4-6,8-10,12,15-16,21,34H,7,11,13-14,17-18H2,1-3H3/b12-8-/t21-/m1/s1. The maximum Gasteiger partial charge on any atom is 0.471 e. The van der Waals surface area contributed by atoms with Gasteiger partial charge in [0.15, 0.2) is 0 Å². The van der Waals surface area contributed by atoms with Crippen molar-refractivity contribution >= 4 is 59.6 Å². The van der Waals surface area contributed by atoms with Crippen LogP contribution >= 0.6 is 31.9 Å². The fourth-order valence-electron chi connectivity index (χ4n) is 4.45. The second kappa shape index (κ2) is 13.9. The Kier molecular flexibility index (Phi) is 11.3. The van der Waals surface area contributed by atoms with Crippen LogP contribution in [0, 0.1) is 0 Å². The van der Waals surface area contributed by atoms with Gasteiger partial charge in [0, 0.05) is 27.6 Å².